The Hall–Kier alpha value is -4.68. The minimum atomic E-state index is 0.393. The largest absolute Gasteiger partial charge is 0.497 e. The molecule has 0 amide bonds. The molecule has 170 valence electrons. The average molecular weight is 453 g/mol. The zero-order valence-electron chi connectivity index (χ0n) is 19.5. The molecule has 6 nitrogen and oxygen atoms in total. The standard InChI is InChI=1S/C28H24N2O4/c1-31-23-9-5-19(6-10-23)13-21(17-29)25-15-28(34-4)26(16-27(25)33-3)22(18-30)14-20-7-11-24(32-2)12-8-20/h5-16H,1-4H3/b21-13+,22-14+. The van der Waals surface area contributed by atoms with Gasteiger partial charge in [0.25, 0.3) is 0 Å². The summed E-state index contributed by atoms with van der Waals surface area (Å²) in [5.74, 6) is 2.36. The molecule has 3 aromatic rings. The molecule has 0 atom stereocenters. The lowest BCUT2D eigenvalue weighted by molar-refractivity contribution is 0.401. The molecule has 0 aromatic heterocycles. The topological polar surface area (TPSA) is 84.5 Å². The Morgan fingerprint density at radius 1 is 0.588 bits per heavy atom. The van der Waals surface area contributed by atoms with Crippen LogP contribution in [0.4, 0.5) is 0 Å². The van der Waals surface area contributed by atoms with Gasteiger partial charge < -0.3 is 18.9 Å². The maximum absolute atomic E-state index is 9.87. The fraction of sp³-hybridized carbons (Fsp3) is 0.143. The lowest BCUT2D eigenvalue weighted by Crippen LogP contribution is -1.98. The van der Waals surface area contributed by atoms with Crippen LogP contribution in [0.1, 0.15) is 22.3 Å². The quantitative estimate of drug-likeness (QED) is 0.315. The molecular weight excluding hydrogens is 428 g/mol. The summed E-state index contributed by atoms with van der Waals surface area (Å²) in [6.45, 7) is 0. The monoisotopic (exact) mass is 452 g/mol. The Bertz CT molecular complexity index is 1190. The van der Waals surface area contributed by atoms with Crippen molar-refractivity contribution in [1.29, 1.82) is 10.5 Å². The Morgan fingerprint density at radius 2 is 0.941 bits per heavy atom. The van der Waals surface area contributed by atoms with Crippen LogP contribution in [0.25, 0.3) is 23.3 Å². The maximum Gasteiger partial charge on any atom is 0.128 e. The molecule has 0 aliphatic carbocycles. The summed E-state index contributed by atoms with van der Waals surface area (Å²) in [5, 5.41) is 19.7. The van der Waals surface area contributed by atoms with E-state index >= 15 is 0 Å². The average Bonchev–Trinajstić information content (AvgIpc) is 2.90. The highest BCUT2D eigenvalue weighted by Gasteiger charge is 2.17. The lowest BCUT2D eigenvalue weighted by Gasteiger charge is -2.14. The van der Waals surface area contributed by atoms with Gasteiger partial charge in [-0.2, -0.15) is 10.5 Å². The van der Waals surface area contributed by atoms with E-state index in [4.69, 9.17) is 18.9 Å². The highest BCUT2D eigenvalue weighted by atomic mass is 16.5. The molecule has 0 heterocycles. The van der Waals surface area contributed by atoms with E-state index in [1.807, 2.05) is 48.5 Å². The van der Waals surface area contributed by atoms with Crippen molar-refractivity contribution < 1.29 is 18.9 Å². The van der Waals surface area contributed by atoms with E-state index in [1.165, 1.54) is 14.2 Å². The van der Waals surface area contributed by atoms with Gasteiger partial charge in [0.15, 0.2) is 0 Å². The first-order valence-electron chi connectivity index (χ1n) is 10.3. The zero-order valence-corrected chi connectivity index (χ0v) is 19.5. The molecule has 3 rings (SSSR count). The molecule has 0 saturated carbocycles. The number of nitrogens with zero attached hydrogens (tertiary/aromatic N) is 2. The summed E-state index contributed by atoms with van der Waals surface area (Å²) in [7, 11) is 6.25. The van der Waals surface area contributed by atoms with Gasteiger partial charge in [0, 0.05) is 11.1 Å². The number of allylic oxidation sites excluding steroid dienone is 2. The second kappa shape index (κ2) is 11.3. The predicted octanol–water partition coefficient (Wildman–Crippen LogP) is 5.85. The van der Waals surface area contributed by atoms with Gasteiger partial charge in [0.2, 0.25) is 0 Å². The second-order valence-corrected chi connectivity index (χ2v) is 7.14. The van der Waals surface area contributed by atoms with Crippen LogP contribution in [-0.4, -0.2) is 28.4 Å². The molecule has 0 bridgehead atoms. The smallest absolute Gasteiger partial charge is 0.128 e. The Labute approximate surface area is 199 Å². The minimum absolute atomic E-state index is 0.393. The number of rotatable bonds is 8. The first kappa shape index (κ1) is 24.0. The Kier molecular flexibility index (Phi) is 7.94. The molecule has 0 unspecified atom stereocenters. The predicted molar refractivity (Wildman–Crippen MR) is 133 cm³/mol. The van der Waals surface area contributed by atoms with Crippen molar-refractivity contribution in [2.45, 2.75) is 0 Å². The van der Waals surface area contributed by atoms with Crippen LogP contribution in [0.3, 0.4) is 0 Å². The zero-order chi connectivity index (χ0) is 24.5. The summed E-state index contributed by atoms with van der Waals surface area (Å²) in [6, 6.07) is 22.6. The van der Waals surface area contributed by atoms with Crippen LogP contribution in [-0.2, 0) is 0 Å². The van der Waals surface area contributed by atoms with E-state index in [2.05, 4.69) is 12.1 Å². The van der Waals surface area contributed by atoms with Gasteiger partial charge in [-0.05, 0) is 59.7 Å². The van der Waals surface area contributed by atoms with Crippen LogP contribution < -0.4 is 18.9 Å². The molecule has 0 fully saturated rings. The third-order valence-electron chi connectivity index (χ3n) is 5.20. The van der Waals surface area contributed by atoms with Gasteiger partial charge in [0.1, 0.15) is 23.0 Å². The van der Waals surface area contributed by atoms with Crippen molar-refractivity contribution in [1.82, 2.24) is 0 Å². The highest BCUT2D eigenvalue weighted by Crippen LogP contribution is 2.38. The number of benzene rings is 3. The molecule has 0 radical (unpaired) electrons. The summed E-state index contributed by atoms with van der Waals surface area (Å²) in [5.41, 5.74) is 3.57. The Morgan fingerprint density at radius 3 is 1.21 bits per heavy atom. The third kappa shape index (κ3) is 5.38. The van der Waals surface area contributed by atoms with E-state index in [0.29, 0.717) is 33.8 Å². The van der Waals surface area contributed by atoms with E-state index in [1.54, 1.807) is 38.5 Å². The normalized spacial score (nSPS) is 11.2. The van der Waals surface area contributed by atoms with Crippen LogP contribution >= 0.6 is 0 Å². The summed E-state index contributed by atoms with van der Waals surface area (Å²) >= 11 is 0. The van der Waals surface area contributed by atoms with Crippen LogP contribution in [0.5, 0.6) is 23.0 Å². The van der Waals surface area contributed by atoms with E-state index in [-0.39, 0.29) is 0 Å². The molecule has 6 heteroatoms. The molecule has 0 aliphatic heterocycles. The van der Waals surface area contributed by atoms with Crippen LogP contribution in [0.15, 0.2) is 60.7 Å². The van der Waals surface area contributed by atoms with Gasteiger partial charge in [0.05, 0.1) is 51.7 Å². The van der Waals surface area contributed by atoms with E-state index in [9.17, 15) is 10.5 Å². The molecule has 0 spiro atoms. The number of ether oxygens (including phenoxy) is 4. The number of hydrogen-bond donors (Lipinski definition) is 0. The molecule has 34 heavy (non-hydrogen) atoms. The summed E-state index contributed by atoms with van der Waals surface area (Å²) < 4.78 is 21.6. The number of methoxy groups -OCH3 is 4. The van der Waals surface area contributed by atoms with Gasteiger partial charge in [-0.3, -0.25) is 0 Å². The maximum atomic E-state index is 9.87. The molecule has 0 N–H and O–H groups in total. The second-order valence-electron chi connectivity index (χ2n) is 7.14. The first-order chi connectivity index (χ1) is 16.6. The SMILES string of the molecule is COc1ccc(/C=C(\C#N)c2cc(OC)c(/C(C#N)=C/c3ccc(OC)cc3)cc2OC)cc1. The molecule has 3 aromatic carbocycles. The van der Waals surface area contributed by atoms with Crippen molar-refractivity contribution in [3.05, 3.63) is 82.9 Å². The van der Waals surface area contributed by atoms with Crippen molar-refractivity contribution in [2.24, 2.45) is 0 Å². The fourth-order valence-corrected chi connectivity index (χ4v) is 3.39. The molecular formula is C28H24N2O4. The fourth-order valence-electron chi connectivity index (χ4n) is 3.39. The van der Waals surface area contributed by atoms with Crippen molar-refractivity contribution >= 4 is 23.3 Å². The van der Waals surface area contributed by atoms with Crippen molar-refractivity contribution in [3.8, 4) is 35.1 Å². The van der Waals surface area contributed by atoms with Crippen molar-refractivity contribution in [3.63, 3.8) is 0 Å². The highest BCUT2D eigenvalue weighted by molar-refractivity contribution is 5.96. The Balaban J connectivity index is 2.09. The van der Waals surface area contributed by atoms with Crippen LogP contribution in [0, 0.1) is 22.7 Å². The lowest BCUT2D eigenvalue weighted by atomic mass is 9.96. The van der Waals surface area contributed by atoms with E-state index < -0.39 is 0 Å². The molecule has 0 saturated heterocycles. The summed E-state index contributed by atoms with van der Waals surface area (Å²) in [6.07, 6.45) is 3.52. The van der Waals surface area contributed by atoms with Gasteiger partial charge in [-0.25, -0.2) is 0 Å². The van der Waals surface area contributed by atoms with Gasteiger partial charge >= 0.3 is 0 Å². The molecule has 0 aliphatic rings. The van der Waals surface area contributed by atoms with Crippen molar-refractivity contribution in [2.75, 3.05) is 28.4 Å². The van der Waals surface area contributed by atoms with Gasteiger partial charge in [-0.1, -0.05) is 24.3 Å². The van der Waals surface area contributed by atoms with Crippen LogP contribution in [0.2, 0.25) is 0 Å². The number of hydrogen-bond acceptors (Lipinski definition) is 6. The minimum Gasteiger partial charge on any atom is -0.497 e. The first-order valence-corrected chi connectivity index (χ1v) is 10.3. The third-order valence-corrected chi connectivity index (χ3v) is 5.20. The van der Waals surface area contributed by atoms with E-state index in [0.717, 1.165) is 22.6 Å². The van der Waals surface area contributed by atoms with Gasteiger partial charge in [-0.15, -0.1) is 0 Å². The number of nitriles is 2. The summed E-state index contributed by atoms with van der Waals surface area (Å²) in [4.78, 5) is 0.